The number of aromatic nitrogens is 2. The van der Waals surface area contributed by atoms with Crippen molar-refractivity contribution in [1.82, 2.24) is 14.9 Å². The lowest BCUT2D eigenvalue weighted by molar-refractivity contribution is 0.0114. The lowest BCUT2D eigenvalue weighted by atomic mass is 10.0. The second-order valence-electron chi connectivity index (χ2n) is 8.69. The number of hydrogen-bond donors (Lipinski definition) is 0. The zero-order valence-corrected chi connectivity index (χ0v) is 18.3. The van der Waals surface area contributed by atoms with E-state index in [0.29, 0.717) is 6.04 Å². The van der Waals surface area contributed by atoms with Crippen LogP contribution in [0.4, 0.5) is 10.5 Å². The van der Waals surface area contributed by atoms with Crippen molar-refractivity contribution in [2.24, 2.45) is 0 Å². The van der Waals surface area contributed by atoms with E-state index in [1.54, 1.807) is 6.33 Å². The van der Waals surface area contributed by atoms with Gasteiger partial charge in [0.2, 0.25) is 0 Å². The molecule has 0 bridgehead atoms. The van der Waals surface area contributed by atoms with Gasteiger partial charge in [0, 0.05) is 46.9 Å². The molecule has 2 aromatic rings. The fraction of sp³-hybridized carbons (Fsp3) is 0.571. The Labute approximate surface area is 174 Å². The van der Waals surface area contributed by atoms with Crippen molar-refractivity contribution < 1.29 is 9.53 Å². The van der Waals surface area contributed by atoms with Crippen LogP contribution in [0.3, 0.4) is 0 Å². The van der Waals surface area contributed by atoms with E-state index in [1.807, 2.05) is 37.9 Å². The molecule has 150 valence electrons. The number of ether oxygens (including phenoxy) is 1. The van der Waals surface area contributed by atoms with E-state index < -0.39 is 5.60 Å². The van der Waals surface area contributed by atoms with Gasteiger partial charge in [-0.05, 0) is 74.5 Å². The molecular formula is C21H27BrN4O2. The number of nitrogens with zero attached hydrogens (tertiary/aromatic N) is 4. The molecule has 2 fully saturated rings. The van der Waals surface area contributed by atoms with E-state index in [9.17, 15) is 4.79 Å². The van der Waals surface area contributed by atoms with Gasteiger partial charge in [0.1, 0.15) is 11.9 Å². The van der Waals surface area contributed by atoms with Gasteiger partial charge in [-0.1, -0.05) is 0 Å². The molecule has 1 aromatic carbocycles. The molecule has 1 aliphatic carbocycles. The molecule has 7 heteroatoms. The summed E-state index contributed by atoms with van der Waals surface area (Å²) >= 11 is 3.58. The Morgan fingerprint density at radius 2 is 1.86 bits per heavy atom. The van der Waals surface area contributed by atoms with E-state index >= 15 is 0 Å². The van der Waals surface area contributed by atoms with Crippen molar-refractivity contribution in [3.63, 3.8) is 0 Å². The van der Waals surface area contributed by atoms with Gasteiger partial charge in [0.25, 0.3) is 0 Å². The summed E-state index contributed by atoms with van der Waals surface area (Å²) in [6.07, 6.45) is 7.38. The van der Waals surface area contributed by atoms with Crippen LogP contribution in [0.15, 0.2) is 29.1 Å². The van der Waals surface area contributed by atoms with Crippen LogP contribution in [0.25, 0.3) is 10.9 Å². The molecule has 2 aliphatic rings. The van der Waals surface area contributed by atoms with E-state index in [-0.39, 0.29) is 12.1 Å². The van der Waals surface area contributed by atoms with Crippen molar-refractivity contribution in [1.29, 1.82) is 0 Å². The third-order valence-corrected chi connectivity index (χ3v) is 5.99. The fourth-order valence-electron chi connectivity index (χ4n) is 3.95. The van der Waals surface area contributed by atoms with Gasteiger partial charge in [0.05, 0.1) is 5.52 Å². The summed E-state index contributed by atoms with van der Waals surface area (Å²) in [6.45, 7) is 7.60. The lowest BCUT2D eigenvalue weighted by Crippen LogP contribution is -2.50. The highest BCUT2D eigenvalue weighted by atomic mass is 79.9. The maximum atomic E-state index is 12.8. The monoisotopic (exact) mass is 446 g/mol. The molecule has 0 unspecified atom stereocenters. The summed E-state index contributed by atoms with van der Waals surface area (Å²) in [5.41, 5.74) is 1.64. The summed E-state index contributed by atoms with van der Waals surface area (Å²) in [6, 6.07) is 4.78. The summed E-state index contributed by atoms with van der Waals surface area (Å²) in [5, 5.41) is 1.06. The van der Waals surface area contributed by atoms with Crippen LogP contribution >= 0.6 is 15.9 Å². The highest BCUT2D eigenvalue weighted by Gasteiger charge is 2.40. The predicted octanol–water partition coefficient (Wildman–Crippen LogP) is 4.76. The Morgan fingerprint density at radius 3 is 2.50 bits per heavy atom. The highest BCUT2D eigenvalue weighted by molar-refractivity contribution is 9.10. The Bertz CT molecular complexity index is 870. The molecule has 0 N–H and O–H groups in total. The maximum absolute atomic E-state index is 12.8. The fourth-order valence-corrected chi connectivity index (χ4v) is 4.40. The van der Waals surface area contributed by atoms with Gasteiger partial charge in [-0.3, -0.25) is 0 Å². The minimum absolute atomic E-state index is 0.157. The highest BCUT2D eigenvalue weighted by Crippen LogP contribution is 2.36. The van der Waals surface area contributed by atoms with E-state index in [2.05, 4.69) is 36.9 Å². The minimum atomic E-state index is -0.457. The van der Waals surface area contributed by atoms with Crippen LogP contribution in [0, 0.1) is 0 Å². The largest absolute Gasteiger partial charge is 0.444 e. The topological polar surface area (TPSA) is 58.6 Å². The molecule has 2 heterocycles. The average molecular weight is 447 g/mol. The molecule has 0 spiro atoms. The number of carbonyl (C=O) groups excluding carboxylic acids is 1. The maximum Gasteiger partial charge on any atom is 0.410 e. The van der Waals surface area contributed by atoms with Crippen LogP contribution in [0.5, 0.6) is 0 Å². The normalized spacial score (nSPS) is 18.4. The third kappa shape index (κ3) is 4.09. The Hall–Kier alpha value is -1.89. The standard InChI is InChI=1S/C21H27BrN4O2/c1-21(2,3)28-20(27)26(14-4-5-14)15-8-10-25(11-9-15)18-7-6-17(22)19-16(18)12-23-13-24-19/h6-7,12-15H,4-5,8-11H2,1-3H3. The Kier molecular flexibility index (Phi) is 5.21. The predicted molar refractivity (Wildman–Crippen MR) is 114 cm³/mol. The van der Waals surface area contributed by atoms with Gasteiger partial charge in [-0.15, -0.1) is 0 Å². The van der Waals surface area contributed by atoms with Crippen LogP contribution in [-0.2, 0) is 4.74 Å². The minimum Gasteiger partial charge on any atom is -0.444 e. The molecule has 28 heavy (non-hydrogen) atoms. The van der Waals surface area contributed by atoms with Crippen molar-refractivity contribution >= 4 is 38.6 Å². The Balaban J connectivity index is 1.49. The van der Waals surface area contributed by atoms with Gasteiger partial charge in [-0.2, -0.15) is 0 Å². The molecule has 1 aromatic heterocycles. The number of rotatable bonds is 3. The summed E-state index contributed by atoms with van der Waals surface area (Å²) in [5.74, 6) is 0. The molecule has 1 saturated heterocycles. The zero-order valence-electron chi connectivity index (χ0n) is 16.7. The second-order valence-corrected chi connectivity index (χ2v) is 9.54. The van der Waals surface area contributed by atoms with Crippen molar-refractivity contribution in [2.75, 3.05) is 18.0 Å². The first-order chi connectivity index (χ1) is 13.3. The van der Waals surface area contributed by atoms with Crippen LogP contribution in [0.1, 0.15) is 46.5 Å². The molecule has 4 rings (SSSR count). The van der Waals surface area contributed by atoms with Crippen molar-refractivity contribution in [3.8, 4) is 0 Å². The summed E-state index contributed by atoms with van der Waals surface area (Å²) in [7, 11) is 0. The average Bonchev–Trinajstić information content (AvgIpc) is 3.47. The number of amides is 1. The number of hydrogen-bond acceptors (Lipinski definition) is 5. The quantitative estimate of drug-likeness (QED) is 0.679. The molecule has 0 atom stereocenters. The number of fused-ring (bicyclic) bond motifs is 1. The van der Waals surface area contributed by atoms with Crippen LogP contribution in [-0.4, -0.2) is 51.7 Å². The number of halogens is 1. The lowest BCUT2D eigenvalue weighted by Gasteiger charge is -2.40. The molecule has 1 aliphatic heterocycles. The van der Waals surface area contributed by atoms with Gasteiger partial charge in [-0.25, -0.2) is 14.8 Å². The first kappa shape index (κ1) is 19.4. The first-order valence-electron chi connectivity index (χ1n) is 9.98. The van der Waals surface area contributed by atoms with E-state index in [4.69, 9.17) is 4.74 Å². The second kappa shape index (κ2) is 7.50. The molecule has 0 radical (unpaired) electrons. The third-order valence-electron chi connectivity index (χ3n) is 5.35. The zero-order chi connectivity index (χ0) is 19.9. The van der Waals surface area contributed by atoms with Crippen molar-refractivity contribution in [3.05, 3.63) is 29.1 Å². The summed E-state index contributed by atoms with van der Waals surface area (Å²) < 4.78 is 6.67. The van der Waals surface area contributed by atoms with Crippen molar-refractivity contribution in [2.45, 2.75) is 64.1 Å². The smallest absolute Gasteiger partial charge is 0.410 e. The van der Waals surface area contributed by atoms with Gasteiger partial charge < -0.3 is 14.5 Å². The SMILES string of the molecule is CC(C)(C)OC(=O)N(C1CC1)C1CCN(c2ccc(Br)c3ncncc23)CC1. The number of anilines is 1. The molecule has 6 nitrogen and oxygen atoms in total. The molecule has 1 amide bonds. The van der Waals surface area contributed by atoms with Gasteiger partial charge >= 0.3 is 6.09 Å². The number of carbonyl (C=O) groups is 1. The molecule has 1 saturated carbocycles. The number of piperidine rings is 1. The number of benzene rings is 1. The first-order valence-corrected chi connectivity index (χ1v) is 10.8. The summed E-state index contributed by atoms with van der Waals surface area (Å²) in [4.78, 5) is 25.8. The van der Waals surface area contributed by atoms with E-state index in [1.165, 1.54) is 0 Å². The van der Waals surface area contributed by atoms with E-state index in [0.717, 1.165) is 59.8 Å². The Morgan fingerprint density at radius 1 is 1.18 bits per heavy atom. The molecular weight excluding hydrogens is 420 g/mol. The van der Waals surface area contributed by atoms with Gasteiger partial charge in [0.15, 0.2) is 0 Å². The van der Waals surface area contributed by atoms with Crippen LogP contribution in [0.2, 0.25) is 0 Å². The van der Waals surface area contributed by atoms with Crippen LogP contribution < -0.4 is 4.90 Å².